The normalized spacial score (nSPS) is 10.3. The van der Waals surface area contributed by atoms with Crippen LogP contribution in [0.5, 0.6) is 0 Å². The Morgan fingerprint density at radius 2 is 2.31 bits per heavy atom. The van der Waals surface area contributed by atoms with Gasteiger partial charge in [0.25, 0.3) is 0 Å². The highest BCUT2D eigenvalue weighted by Crippen LogP contribution is 2.10. The second kappa shape index (κ2) is 4.14. The standard InChI is InChI=1S/C11H11N3O2/c1-2-8-7-9(11(15)16)14(13-8)10-5-3-4-6-12-10/h3-7H,2H2,1H3,(H,15,16). The molecule has 82 valence electrons. The highest BCUT2D eigenvalue weighted by molar-refractivity contribution is 5.86. The van der Waals surface area contributed by atoms with Crippen LogP contribution in [0.3, 0.4) is 0 Å². The van der Waals surface area contributed by atoms with Gasteiger partial charge in [-0.2, -0.15) is 5.10 Å². The number of nitrogens with zero attached hydrogens (tertiary/aromatic N) is 3. The molecule has 2 heterocycles. The number of pyridine rings is 1. The van der Waals surface area contributed by atoms with Crippen LogP contribution in [0, 0.1) is 0 Å². The number of aromatic nitrogens is 3. The largest absolute Gasteiger partial charge is 0.477 e. The summed E-state index contributed by atoms with van der Waals surface area (Å²) in [4.78, 5) is 15.1. The average molecular weight is 217 g/mol. The van der Waals surface area contributed by atoms with Crippen molar-refractivity contribution in [3.63, 3.8) is 0 Å². The van der Waals surface area contributed by atoms with E-state index in [-0.39, 0.29) is 5.69 Å². The Morgan fingerprint density at radius 1 is 1.50 bits per heavy atom. The number of hydrogen-bond donors (Lipinski definition) is 1. The predicted molar refractivity (Wildman–Crippen MR) is 57.7 cm³/mol. The summed E-state index contributed by atoms with van der Waals surface area (Å²) in [6.45, 7) is 1.93. The molecule has 2 rings (SSSR count). The molecule has 1 N–H and O–H groups in total. The van der Waals surface area contributed by atoms with Crippen molar-refractivity contribution in [1.82, 2.24) is 14.8 Å². The Bertz CT molecular complexity index is 505. The van der Waals surface area contributed by atoms with Crippen LogP contribution >= 0.6 is 0 Å². The van der Waals surface area contributed by atoms with Crippen molar-refractivity contribution in [1.29, 1.82) is 0 Å². The lowest BCUT2D eigenvalue weighted by Gasteiger charge is -2.01. The molecule has 0 atom stereocenters. The van der Waals surface area contributed by atoms with E-state index in [9.17, 15) is 4.79 Å². The number of aromatic carboxylic acids is 1. The highest BCUT2D eigenvalue weighted by atomic mass is 16.4. The van der Waals surface area contributed by atoms with Gasteiger partial charge < -0.3 is 5.11 Å². The van der Waals surface area contributed by atoms with Crippen LogP contribution in [-0.2, 0) is 6.42 Å². The Morgan fingerprint density at radius 3 is 2.88 bits per heavy atom. The molecule has 5 heteroatoms. The molecule has 0 radical (unpaired) electrons. The van der Waals surface area contributed by atoms with Gasteiger partial charge in [-0.1, -0.05) is 13.0 Å². The number of carbonyl (C=O) groups is 1. The maximum Gasteiger partial charge on any atom is 0.354 e. The van der Waals surface area contributed by atoms with Gasteiger partial charge in [0.15, 0.2) is 11.5 Å². The maximum atomic E-state index is 11.0. The van der Waals surface area contributed by atoms with Crippen LogP contribution in [0.2, 0.25) is 0 Å². The van der Waals surface area contributed by atoms with E-state index in [1.54, 1.807) is 30.5 Å². The summed E-state index contributed by atoms with van der Waals surface area (Å²) in [5.74, 6) is -0.488. The molecular weight excluding hydrogens is 206 g/mol. The van der Waals surface area contributed by atoms with Crippen LogP contribution in [0.15, 0.2) is 30.5 Å². The van der Waals surface area contributed by atoms with Gasteiger partial charge in [-0.25, -0.2) is 14.5 Å². The topological polar surface area (TPSA) is 68.0 Å². The predicted octanol–water partition coefficient (Wildman–Crippen LogP) is 1.53. The van der Waals surface area contributed by atoms with Crippen molar-refractivity contribution < 1.29 is 9.90 Å². The molecule has 2 aromatic rings. The van der Waals surface area contributed by atoms with Crippen molar-refractivity contribution in [2.45, 2.75) is 13.3 Å². The molecule has 0 aliphatic heterocycles. The van der Waals surface area contributed by atoms with Gasteiger partial charge in [-0.3, -0.25) is 0 Å². The molecule has 0 fully saturated rings. The third-order valence-electron chi connectivity index (χ3n) is 2.21. The fourth-order valence-corrected chi connectivity index (χ4v) is 1.41. The van der Waals surface area contributed by atoms with Crippen LogP contribution in [-0.4, -0.2) is 25.8 Å². The average Bonchev–Trinajstić information content (AvgIpc) is 2.74. The Kier molecular flexibility index (Phi) is 2.68. The number of carboxylic acid groups (broad SMARTS) is 1. The van der Waals surface area contributed by atoms with Crippen molar-refractivity contribution in [2.24, 2.45) is 0 Å². The first-order valence-electron chi connectivity index (χ1n) is 4.96. The van der Waals surface area contributed by atoms with Crippen molar-refractivity contribution >= 4 is 5.97 Å². The first-order chi connectivity index (χ1) is 7.72. The number of carboxylic acids is 1. The van der Waals surface area contributed by atoms with E-state index in [1.807, 2.05) is 6.92 Å². The second-order valence-corrected chi connectivity index (χ2v) is 3.28. The molecule has 0 saturated carbocycles. The van der Waals surface area contributed by atoms with E-state index in [2.05, 4.69) is 10.1 Å². The van der Waals surface area contributed by atoms with Crippen LogP contribution in [0.25, 0.3) is 5.82 Å². The molecule has 0 aliphatic rings. The molecule has 0 saturated heterocycles. The number of aryl methyl sites for hydroxylation is 1. The Labute approximate surface area is 92.4 Å². The lowest BCUT2D eigenvalue weighted by atomic mass is 10.3. The summed E-state index contributed by atoms with van der Waals surface area (Å²) in [7, 11) is 0. The highest BCUT2D eigenvalue weighted by Gasteiger charge is 2.15. The van der Waals surface area contributed by atoms with Crippen molar-refractivity contribution in [3.8, 4) is 5.82 Å². The molecule has 16 heavy (non-hydrogen) atoms. The molecule has 0 spiro atoms. The van der Waals surface area contributed by atoms with E-state index >= 15 is 0 Å². The van der Waals surface area contributed by atoms with Gasteiger partial charge in [-0.05, 0) is 24.6 Å². The fraction of sp³-hybridized carbons (Fsp3) is 0.182. The molecule has 5 nitrogen and oxygen atoms in total. The maximum absolute atomic E-state index is 11.0. The SMILES string of the molecule is CCc1cc(C(=O)O)n(-c2ccccn2)n1. The first-order valence-corrected chi connectivity index (χ1v) is 4.96. The summed E-state index contributed by atoms with van der Waals surface area (Å²) in [5.41, 5.74) is 0.874. The smallest absolute Gasteiger partial charge is 0.354 e. The molecule has 0 aliphatic carbocycles. The first kappa shape index (κ1) is 10.4. The van der Waals surface area contributed by atoms with Gasteiger partial charge in [0.2, 0.25) is 0 Å². The third kappa shape index (κ3) is 1.79. The zero-order valence-electron chi connectivity index (χ0n) is 8.79. The summed E-state index contributed by atoms with van der Waals surface area (Å²) < 4.78 is 1.35. The minimum atomic E-state index is -1.00. The Balaban J connectivity index is 2.55. The molecule has 0 unspecified atom stereocenters. The van der Waals surface area contributed by atoms with Crippen molar-refractivity contribution in [2.75, 3.05) is 0 Å². The van der Waals surface area contributed by atoms with Gasteiger partial charge in [0, 0.05) is 6.20 Å². The van der Waals surface area contributed by atoms with E-state index in [1.165, 1.54) is 4.68 Å². The monoisotopic (exact) mass is 217 g/mol. The van der Waals surface area contributed by atoms with Crippen LogP contribution < -0.4 is 0 Å². The summed E-state index contributed by atoms with van der Waals surface area (Å²) >= 11 is 0. The minimum Gasteiger partial charge on any atom is -0.477 e. The van der Waals surface area contributed by atoms with Gasteiger partial charge in [-0.15, -0.1) is 0 Å². The zero-order chi connectivity index (χ0) is 11.5. The van der Waals surface area contributed by atoms with E-state index in [0.717, 1.165) is 5.69 Å². The van der Waals surface area contributed by atoms with Crippen molar-refractivity contribution in [3.05, 3.63) is 41.9 Å². The summed E-state index contributed by atoms with van der Waals surface area (Å²) in [6, 6.07) is 6.85. The molecule has 0 aromatic carbocycles. The lowest BCUT2D eigenvalue weighted by molar-refractivity contribution is 0.0687. The lowest BCUT2D eigenvalue weighted by Crippen LogP contribution is -2.09. The molecule has 2 aromatic heterocycles. The van der Waals surface area contributed by atoms with E-state index in [0.29, 0.717) is 12.2 Å². The number of rotatable bonds is 3. The minimum absolute atomic E-state index is 0.135. The summed E-state index contributed by atoms with van der Waals surface area (Å²) in [6.07, 6.45) is 2.30. The quantitative estimate of drug-likeness (QED) is 0.846. The second-order valence-electron chi connectivity index (χ2n) is 3.28. The van der Waals surface area contributed by atoms with Crippen LogP contribution in [0.4, 0.5) is 0 Å². The third-order valence-corrected chi connectivity index (χ3v) is 2.21. The van der Waals surface area contributed by atoms with E-state index < -0.39 is 5.97 Å². The zero-order valence-corrected chi connectivity index (χ0v) is 8.79. The molecule has 0 amide bonds. The van der Waals surface area contributed by atoms with E-state index in [4.69, 9.17) is 5.11 Å². The Hall–Kier alpha value is -2.17. The molecular formula is C11H11N3O2. The molecule has 0 bridgehead atoms. The van der Waals surface area contributed by atoms with Gasteiger partial charge in [0.1, 0.15) is 0 Å². The summed E-state index contributed by atoms with van der Waals surface area (Å²) in [5, 5.41) is 13.2. The number of hydrogen-bond acceptors (Lipinski definition) is 3. The van der Waals surface area contributed by atoms with Gasteiger partial charge >= 0.3 is 5.97 Å². The van der Waals surface area contributed by atoms with Crippen LogP contribution in [0.1, 0.15) is 23.1 Å². The fourth-order valence-electron chi connectivity index (χ4n) is 1.41. The van der Waals surface area contributed by atoms with Gasteiger partial charge in [0.05, 0.1) is 5.69 Å².